The molecule has 2 aliphatic heterocycles. The lowest BCUT2D eigenvalue weighted by molar-refractivity contribution is -0.130. The molecule has 2 amide bonds. The second-order valence-electron chi connectivity index (χ2n) is 6.10. The molecule has 0 aliphatic carbocycles. The predicted molar refractivity (Wildman–Crippen MR) is 79.5 cm³/mol. The normalized spacial score (nSPS) is 22.2. The maximum absolute atomic E-state index is 11.8. The number of carbonyl (C=O) groups is 2. The van der Waals surface area contributed by atoms with Crippen molar-refractivity contribution in [3.8, 4) is 0 Å². The van der Waals surface area contributed by atoms with E-state index >= 15 is 0 Å². The maximum atomic E-state index is 11.8. The average molecular weight is 289 g/mol. The standard InChI is InChI=1S/C16H23N3O2/c1-11(18-9-3-5-15(18)20)13-7-8-14(17-13)12(2)19-10-4-6-16(19)21/h7-8,11-12,17H,3-6,9-10H2,1-2H3. The summed E-state index contributed by atoms with van der Waals surface area (Å²) in [5, 5.41) is 0. The lowest BCUT2D eigenvalue weighted by atomic mass is 10.2. The number of aromatic nitrogens is 1. The van der Waals surface area contributed by atoms with Crippen molar-refractivity contribution in [3.63, 3.8) is 0 Å². The zero-order valence-electron chi connectivity index (χ0n) is 12.8. The second kappa shape index (κ2) is 5.54. The Morgan fingerprint density at radius 1 is 0.905 bits per heavy atom. The molecule has 5 heteroatoms. The van der Waals surface area contributed by atoms with E-state index in [1.807, 2.05) is 21.9 Å². The summed E-state index contributed by atoms with van der Waals surface area (Å²) in [5.41, 5.74) is 2.11. The van der Waals surface area contributed by atoms with Gasteiger partial charge in [0, 0.05) is 37.3 Å². The first-order valence-corrected chi connectivity index (χ1v) is 7.85. The molecule has 0 aromatic carbocycles. The number of hydrogen-bond acceptors (Lipinski definition) is 2. The number of rotatable bonds is 4. The number of H-pyrrole nitrogens is 1. The molecule has 2 saturated heterocycles. The van der Waals surface area contributed by atoms with E-state index in [4.69, 9.17) is 0 Å². The van der Waals surface area contributed by atoms with Crippen LogP contribution in [-0.4, -0.2) is 39.7 Å². The van der Waals surface area contributed by atoms with Gasteiger partial charge in [0.1, 0.15) is 0 Å². The molecule has 2 fully saturated rings. The van der Waals surface area contributed by atoms with Crippen molar-refractivity contribution in [2.45, 2.75) is 51.6 Å². The quantitative estimate of drug-likeness (QED) is 0.925. The molecule has 2 atom stereocenters. The number of nitrogens with zero attached hydrogens (tertiary/aromatic N) is 2. The van der Waals surface area contributed by atoms with Gasteiger partial charge in [-0.1, -0.05) is 0 Å². The highest BCUT2D eigenvalue weighted by Gasteiger charge is 2.29. The Hall–Kier alpha value is -1.78. The molecule has 1 N–H and O–H groups in total. The van der Waals surface area contributed by atoms with Gasteiger partial charge < -0.3 is 14.8 Å². The molecule has 0 bridgehead atoms. The fourth-order valence-corrected chi connectivity index (χ4v) is 3.41. The fraction of sp³-hybridized carbons (Fsp3) is 0.625. The van der Waals surface area contributed by atoms with Crippen LogP contribution in [0.4, 0.5) is 0 Å². The third kappa shape index (κ3) is 2.57. The number of hydrogen-bond donors (Lipinski definition) is 1. The van der Waals surface area contributed by atoms with Gasteiger partial charge in [0.25, 0.3) is 0 Å². The van der Waals surface area contributed by atoms with Crippen molar-refractivity contribution in [3.05, 3.63) is 23.5 Å². The number of carbonyl (C=O) groups excluding carboxylic acids is 2. The molecule has 2 unspecified atom stereocenters. The Morgan fingerprint density at radius 3 is 1.67 bits per heavy atom. The van der Waals surface area contributed by atoms with Gasteiger partial charge in [0.2, 0.25) is 11.8 Å². The molecular weight excluding hydrogens is 266 g/mol. The Bertz CT molecular complexity index is 505. The largest absolute Gasteiger partial charge is 0.359 e. The summed E-state index contributed by atoms with van der Waals surface area (Å²) >= 11 is 0. The van der Waals surface area contributed by atoms with Crippen LogP contribution in [0.15, 0.2) is 12.1 Å². The zero-order valence-corrected chi connectivity index (χ0v) is 12.8. The molecule has 3 heterocycles. The lowest BCUT2D eigenvalue weighted by Gasteiger charge is -2.25. The van der Waals surface area contributed by atoms with Crippen molar-refractivity contribution in [1.29, 1.82) is 0 Å². The molecule has 114 valence electrons. The average Bonchev–Trinajstić information content (AvgIpc) is 3.17. The summed E-state index contributed by atoms with van der Waals surface area (Å²) in [6, 6.07) is 4.25. The molecule has 0 radical (unpaired) electrons. The molecule has 5 nitrogen and oxygen atoms in total. The second-order valence-corrected chi connectivity index (χ2v) is 6.10. The van der Waals surface area contributed by atoms with Gasteiger partial charge in [-0.25, -0.2) is 0 Å². The number of amides is 2. The maximum Gasteiger partial charge on any atom is 0.223 e. The van der Waals surface area contributed by atoms with Crippen molar-refractivity contribution < 1.29 is 9.59 Å². The van der Waals surface area contributed by atoms with E-state index in [0.29, 0.717) is 12.8 Å². The minimum absolute atomic E-state index is 0.0789. The fourth-order valence-electron chi connectivity index (χ4n) is 3.41. The summed E-state index contributed by atoms with van der Waals surface area (Å²) in [6.45, 7) is 5.80. The Labute approximate surface area is 125 Å². The first kappa shape index (κ1) is 14.2. The van der Waals surface area contributed by atoms with E-state index in [-0.39, 0.29) is 23.9 Å². The molecule has 0 saturated carbocycles. The van der Waals surface area contributed by atoms with E-state index in [2.05, 4.69) is 18.8 Å². The topological polar surface area (TPSA) is 56.4 Å². The van der Waals surface area contributed by atoms with Crippen LogP contribution in [0, 0.1) is 0 Å². The molecule has 1 aromatic rings. The van der Waals surface area contributed by atoms with Crippen molar-refractivity contribution >= 4 is 11.8 Å². The van der Waals surface area contributed by atoms with Crippen molar-refractivity contribution in [2.24, 2.45) is 0 Å². The van der Waals surface area contributed by atoms with Crippen LogP contribution in [-0.2, 0) is 9.59 Å². The Balaban J connectivity index is 1.73. The Morgan fingerprint density at radius 2 is 1.33 bits per heavy atom. The SMILES string of the molecule is CC(c1ccc(C(C)N2CCCC2=O)[nH]1)N1CCCC1=O. The number of nitrogens with one attached hydrogen (secondary N) is 1. The van der Waals surface area contributed by atoms with Crippen LogP contribution >= 0.6 is 0 Å². The van der Waals surface area contributed by atoms with E-state index in [0.717, 1.165) is 37.3 Å². The van der Waals surface area contributed by atoms with Crippen LogP contribution in [0.1, 0.15) is 63.0 Å². The first-order valence-electron chi connectivity index (χ1n) is 7.85. The van der Waals surface area contributed by atoms with Crippen LogP contribution in [0.25, 0.3) is 0 Å². The molecule has 3 rings (SSSR count). The Kier molecular flexibility index (Phi) is 3.74. The van der Waals surface area contributed by atoms with Gasteiger partial charge in [-0.2, -0.15) is 0 Å². The third-order valence-corrected chi connectivity index (χ3v) is 4.79. The summed E-state index contributed by atoms with van der Waals surface area (Å²) in [4.78, 5) is 31.0. The van der Waals surface area contributed by atoms with Gasteiger partial charge in [0.15, 0.2) is 0 Å². The van der Waals surface area contributed by atoms with Crippen LogP contribution < -0.4 is 0 Å². The van der Waals surface area contributed by atoms with Crippen molar-refractivity contribution in [1.82, 2.24) is 14.8 Å². The van der Waals surface area contributed by atoms with Gasteiger partial charge >= 0.3 is 0 Å². The molecular formula is C16H23N3O2. The van der Waals surface area contributed by atoms with E-state index in [1.165, 1.54) is 0 Å². The minimum Gasteiger partial charge on any atom is -0.359 e. The third-order valence-electron chi connectivity index (χ3n) is 4.79. The van der Waals surface area contributed by atoms with Gasteiger partial charge in [-0.05, 0) is 38.8 Å². The van der Waals surface area contributed by atoms with E-state index in [9.17, 15) is 9.59 Å². The zero-order chi connectivity index (χ0) is 15.0. The summed E-state index contributed by atoms with van der Waals surface area (Å²) < 4.78 is 0. The van der Waals surface area contributed by atoms with Gasteiger partial charge in [-0.3, -0.25) is 9.59 Å². The van der Waals surface area contributed by atoms with Crippen LogP contribution in [0.5, 0.6) is 0 Å². The smallest absolute Gasteiger partial charge is 0.223 e. The summed E-state index contributed by atoms with van der Waals surface area (Å²) in [6.07, 6.45) is 3.23. The van der Waals surface area contributed by atoms with Crippen LogP contribution in [0.3, 0.4) is 0 Å². The van der Waals surface area contributed by atoms with E-state index in [1.54, 1.807) is 0 Å². The number of aromatic amines is 1. The highest BCUT2D eigenvalue weighted by molar-refractivity contribution is 5.79. The molecule has 1 aromatic heterocycles. The molecule has 2 aliphatic rings. The minimum atomic E-state index is 0.0789. The summed E-state index contributed by atoms with van der Waals surface area (Å²) in [5.74, 6) is 0.475. The van der Waals surface area contributed by atoms with E-state index < -0.39 is 0 Å². The van der Waals surface area contributed by atoms with Gasteiger partial charge in [-0.15, -0.1) is 0 Å². The van der Waals surface area contributed by atoms with Gasteiger partial charge in [0.05, 0.1) is 12.1 Å². The molecule has 21 heavy (non-hydrogen) atoms. The number of likely N-dealkylation sites (tertiary alicyclic amines) is 2. The first-order chi connectivity index (χ1) is 10.1. The highest BCUT2D eigenvalue weighted by atomic mass is 16.2. The lowest BCUT2D eigenvalue weighted by Crippen LogP contribution is -2.29. The van der Waals surface area contributed by atoms with Crippen molar-refractivity contribution in [2.75, 3.05) is 13.1 Å². The predicted octanol–water partition coefficient (Wildman–Crippen LogP) is 2.38. The molecule has 0 spiro atoms. The van der Waals surface area contributed by atoms with Crippen LogP contribution in [0.2, 0.25) is 0 Å². The summed E-state index contributed by atoms with van der Waals surface area (Å²) in [7, 11) is 0. The monoisotopic (exact) mass is 289 g/mol. The highest BCUT2D eigenvalue weighted by Crippen LogP contribution is 2.29.